The van der Waals surface area contributed by atoms with Crippen molar-refractivity contribution in [2.45, 2.75) is 34.1 Å². The predicted octanol–water partition coefficient (Wildman–Crippen LogP) is 2.04. The summed E-state index contributed by atoms with van der Waals surface area (Å²) in [7, 11) is 0. The molecule has 0 amide bonds. The maximum atomic E-state index is 11.0. The number of carbonyl (C=O) groups is 1. The monoisotopic (exact) mass is 181 g/mol. The molecule has 1 rings (SSSR count). The summed E-state index contributed by atoms with van der Waals surface area (Å²) in [5, 5.41) is 18.0. The number of aliphatic carboxylic acids is 1. The van der Waals surface area contributed by atoms with Crippen LogP contribution >= 0.6 is 0 Å². The molecular weight excluding hydrogens is 166 g/mol. The zero-order chi connectivity index (χ0) is 10.5. The third-order valence-electron chi connectivity index (χ3n) is 4.02. The minimum absolute atomic E-state index is 0.0683. The van der Waals surface area contributed by atoms with Gasteiger partial charge in [0.15, 0.2) is 5.41 Å². The molecule has 0 heterocycles. The Morgan fingerprint density at radius 2 is 1.85 bits per heavy atom. The largest absolute Gasteiger partial charge is 0.480 e. The molecule has 3 heteroatoms. The molecule has 1 atom stereocenters. The number of carboxylic acid groups (broad SMARTS) is 1. The second-order valence-corrected chi connectivity index (χ2v) is 5.01. The average molecular weight is 181 g/mol. The lowest BCUT2D eigenvalue weighted by molar-refractivity contribution is -0.189. The Hall–Kier alpha value is -1.04. The van der Waals surface area contributed by atoms with Crippen molar-refractivity contribution in [3.05, 3.63) is 0 Å². The van der Waals surface area contributed by atoms with Crippen LogP contribution in [0.4, 0.5) is 0 Å². The summed E-state index contributed by atoms with van der Waals surface area (Å²) >= 11 is 0. The van der Waals surface area contributed by atoms with Crippen LogP contribution in [0.3, 0.4) is 0 Å². The summed E-state index contributed by atoms with van der Waals surface area (Å²) in [6, 6.07) is 1.96. The van der Waals surface area contributed by atoms with Crippen molar-refractivity contribution >= 4 is 5.97 Å². The average Bonchev–Trinajstić information content (AvgIpc) is 1.98. The first-order chi connectivity index (χ1) is 5.71. The van der Waals surface area contributed by atoms with E-state index in [0.29, 0.717) is 6.42 Å². The van der Waals surface area contributed by atoms with Crippen LogP contribution in [0.25, 0.3) is 0 Å². The Morgan fingerprint density at radius 3 is 1.92 bits per heavy atom. The molecule has 3 nitrogen and oxygen atoms in total. The Balaban J connectivity index is 3.14. The summed E-state index contributed by atoms with van der Waals surface area (Å²) in [4.78, 5) is 11.0. The van der Waals surface area contributed by atoms with Crippen LogP contribution in [-0.2, 0) is 4.79 Å². The smallest absolute Gasteiger partial charge is 0.324 e. The molecule has 0 aliphatic heterocycles. The molecular formula is C10H15NO2. The van der Waals surface area contributed by atoms with Crippen LogP contribution < -0.4 is 0 Å². The van der Waals surface area contributed by atoms with Gasteiger partial charge in [0.25, 0.3) is 0 Å². The quantitative estimate of drug-likeness (QED) is 0.673. The van der Waals surface area contributed by atoms with Crippen molar-refractivity contribution in [1.29, 1.82) is 5.26 Å². The van der Waals surface area contributed by atoms with Gasteiger partial charge in [-0.3, -0.25) is 4.79 Å². The Kier molecular flexibility index (Phi) is 1.74. The van der Waals surface area contributed by atoms with E-state index < -0.39 is 16.8 Å². The molecule has 1 aliphatic carbocycles. The molecule has 13 heavy (non-hydrogen) atoms. The standard InChI is InChI=1S/C10H15NO2/c1-8(2)5-10(6-11,7(12)13)9(8,3)4/h5H2,1-4H3,(H,12,13). The third-order valence-corrected chi connectivity index (χ3v) is 4.02. The highest BCUT2D eigenvalue weighted by Gasteiger charge is 2.69. The number of nitriles is 1. The van der Waals surface area contributed by atoms with E-state index in [1.165, 1.54) is 0 Å². The van der Waals surface area contributed by atoms with Gasteiger partial charge in [-0.1, -0.05) is 27.7 Å². The fourth-order valence-corrected chi connectivity index (χ4v) is 2.15. The summed E-state index contributed by atoms with van der Waals surface area (Å²) in [6.07, 6.45) is 0.443. The Bertz CT molecular complexity index is 299. The first-order valence-electron chi connectivity index (χ1n) is 4.36. The normalized spacial score (nSPS) is 34.4. The van der Waals surface area contributed by atoms with E-state index >= 15 is 0 Å². The van der Waals surface area contributed by atoms with Gasteiger partial charge in [-0.25, -0.2) is 0 Å². The molecule has 0 radical (unpaired) electrons. The number of hydrogen-bond donors (Lipinski definition) is 1. The lowest BCUT2D eigenvalue weighted by atomic mass is 9.39. The fraction of sp³-hybridized carbons (Fsp3) is 0.800. The molecule has 1 saturated carbocycles. The second kappa shape index (κ2) is 2.25. The van der Waals surface area contributed by atoms with Crippen LogP contribution in [0.1, 0.15) is 34.1 Å². The zero-order valence-corrected chi connectivity index (χ0v) is 8.51. The van der Waals surface area contributed by atoms with Gasteiger partial charge >= 0.3 is 5.97 Å². The summed E-state index contributed by atoms with van der Waals surface area (Å²) in [6.45, 7) is 7.72. The minimum atomic E-state index is -1.18. The van der Waals surface area contributed by atoms with E-state index in [4.69, 9.17) is 10.4 Å². The molecule has 1 aliphatic rings. The highest BCUT2D eigenvalue weighted by molar-refractivity contribution is 5.81. The number of rotatable bonds is 1. The number of nitrogens with zero attached hydrogens (tertiary/aromatic N) is 1. The molecule has 0 bridgehead atoms. The van der Waals surface area contributed by atoms with Gasteiger partial charge in [-0.15, -0.1) is 0 Å². The second-order valence-electron chi connectivity index (χ2n) is 5.01. The van der Waals surface area contributed by atoms with Crippen molar-refractivity contribution in [2.75, 3.05) is 0 Å². The summed E-state index contributed by atoms with van der Waals surface area (Å²) in [5.74, 6) is -0.987. The molecule has 0 aromatic carbocycles. The van der Waals surface area contributed by atoms with E-state index in [2.05, 4.69) is 0 Å². The lowest BCUT2D eigenvalue weighted by Gasteiger charge is -2.61. The third kappa shape index (κ3) is 0.861. The van der Waals surface area contributed by atoms with Crippen LogP contribution in [0.15, 0.2) is 0 Å². The maximum absolute atomic E-state index is 11.0. The molecule has 0 spiro atoms. The Labute approximate surface area is 78.4 Å². The number of hydrogen-bond acceptors (Lipinski definition) is 2. The minimum Gasteiger partial charge on any atom is -0.480 e. The van der Waals surface area contributed by atoms with Crippen molar-refractivity contribution in [2.24, 2.45) is 16.2 Å². The molecule has 0 aromatic heterocycles. The van der Waals surface area contributed by atoms with Crippen molar-refractivity contribution in [1.82, 2.24) is 0 Å². The molecule has 1 unspecified atom stereocenters. The molecule has 1 N–H and O–H groups in total. The van der Waals surface area contributed by atoms with Crippen LogP contribution in [-0.4, -0.2) is 11.1 Å². The lowest BCUT2D eigenvalue weighted by Crippen LogP contribution is -2.63. The highest BCUT2D eigenvalue weighted by atomic mass is 16.4. The van der Waals surface area contributed by atoms with Gasteiger partial charge in [0.1, 0.15) is 0 Å². The van der Waals surface area contributed by atoms with Gasteiger partial charge in [0, 0.05) is 0 Å². The molecule has 72 valence electrons. The van der Waals surface area contributed by atoms with Gasteiger partial charge in [-0.2, -0.15) is 5.26 Å². The number of carboxylic acids is 1. The van der Waals surface area contributed by atoms with E-state index in [1.807, 2.05) is 33.8 Å². The fourth-order valence-electron chi connectivity index (χ4n) is 2.15. The maximum Gasteiger partial charge on any atom is 0.324 e. The van der Waals surface area contributed by atoms with E-state index in [9.17, 15) is 4.79 Å². The summed E-state index contributed by atoms with van der Waals surface area (Å²) < 4.78 is 0. The van der Waals surface area contributed by atoms with Gasteiger partial charge < -0.3 is 5.11 Å². The summed E-state index contributed by atoms with van der Waals surface area (Å²) in [5.41, 5.74) is -1.71. The van der Waals surface area contributed by atoms with Crippen LogP contribution in [0.2, 0.25) is 0 Å². The highest BCUT2D eigenvalue weighted by Crippen LogP contribution is 2.67. The van der Waals surface area contributed by atoms with E-state index in [0.717, 1.165) is 0 Å². The van der Waals surface area contributed by atoms with Crippen molar-refractivity contribution < 1.29 is 9.90 Å². The topological polar surface area (TPSA) is 61.1 Å². The van der Waals surface area contributed by atoms with E-state index in [-0.39, 0.29) is 5.41 Å². The Morgan fingerprint density at radius 1 is 1.38 bits per heavy atom. The van der Waals surface area contributed by atoms with Crippen LogP contribution in [0, 0.1) is 27.6 Å². The molecule has 1 fully saturated rings. The van der Waals surface area contributed by atoms with Crippen molar-refractivity contribution in [3.8, 4) is 6.07 Å². The van der Waals surface area contributed by atoms with Gasteiger partial charge in [0.05, 0.1) is 6.07 Å². The van der Waals surface area contributed by atoms with E-state index in [1.54, 1.807) is 0 Å². The van der Waals surface area contributed by atoms with Gasteiger partial charge in [-0.05, 0) is 17.3 Å². The first-order valence-corrected chi connectivity index (χ1v) is 4.36. The van der Waals surface area contributed by atoms with Crippen molar-refractivity contribution in [3.63, 3.8) is 0 Å². The zero-order valence-electron chi connectivity index (χ0n) is 8.51. The SMILES string of the molecule is CC1(C)CC(C#N)(C(=O)O)C1(C)C. The predicted molar refractivity (Wildman–Crippen MR) is 47.9 cm³/mol. The van der Waals surface area contributed by atoms with Crippen LogP contribution in [0.5, 0.6) is 0 Å². The first kappa shape index (κ1) is 10.0. The van der Waals surface area contributed by atoms with Gasteiger partial charge in [0.2, 0.25) is 0 Å². The molecule has 0 aromatic rings. The molecule has 0 saturated heterocycles.